The summed E-state index contributed by atoms with van der Waals surface area (Å²) in [6.07, 6.45) is 4.23. The monoisotopic (exact) mass is 283 g/mol. The Kier molecular flexibility index (Phi) is 4.95. The zero-order valence-corrected chi connectivity index (χ0v) is 12.1. The lowest BCUT2D eigenvalue weighted by Gasteiger charge is -2.31. The minimum atomic E-state index is 0.137. The van der Waals surface area contributed by atoms with Gasteiger partial charge < -0.3 is 4.90 Å². The molecule has 1 saturated heterocycles. The molecule has 1 fully saturated rings. The third-order valence-corrected chi connectivity index (χ3v) is 4.54. The summed E-state index contributed by atoms with van der Waals surface area (Å²) in [5.74, 6) is 1.24. The van der Waals surface area contributed by atoms with E-state index >= 15 is 0 Å². The lowest BCUT2D eigenvalue weighted by molar-refractivity contribution is 0.0685. The Morgan fingerprint density at radius 2 is 2.17 bits per heavy atom. The van der Waals surface area contributed by atoms with E-state index in [0.717, 1.165) is 31.5 Å². The molecular weight excluding hydrogens is 266 g/mol. The number of carbonyl (C=O) groups excluding carboxylic acids is 1. The van der Waals surface area contributed by atoms with Crippen molar-refractivity contribution < 1.29 is 4.79 Å². The Labute approximate surface area is 118 Å². The predicted molar refractivity (Wildman–Crippen MR) is 77.6 cm³/mol. The number of piperidine rings is 1. The molecule has 0 saturated carbocycles. The van der Waals surface area contributed by atoms with Gasteiger partial charge in [0.25, 0.3) is 5.91 Å². The molecule has 0 radical (unpaired) electrons. The van der Waals surface area contributed by atoms with Crippen LogP contribution in [0, 0.1) is 5.92 Å². The number of alkyl halides is 1. The van der Waals surface area contributed by atoms with Crippen LogP contribution in [-0.4, -0.2) is 36.0 Å². The van der Waals surface area contributed by atoms with Gasteiger partial charge in [-0.15, -0.1) is 23.4 Å². The fraction of sp³-hybridized carbons (Fsp3) is 0.500. The Balaban J connectivity index is 2.05. The van der Waals surface area contributed by atoms with Gasteiger partial charge in [-0.25, -0.2) is 0 Å². The Bertz CT molecular complexity index is 407. The van der Waals surface area contributed by atoms with Crippen molar-refractivity contribution in [2.75, 3.05) is 25.2 Å². The van der Waals surface area contributed by atoms with Crippen molar-refractivity contribution in [2.24, 2.45) is 5.92 Å². The van der Waals surface area contributed by atoms with Crippen LogP contribution in [0.3, 0.4) is 0 Å². The molecule has 1 amide bonds. The number of benzene rings is 1. The maximum absolute atomic E-state index is 12.3. The average molecular weight is 284 g/mol. The van der Waals surface area contributed by atoms with Crippen molar-refractivity contribution in [2.45, 2.75) is 17.7 Å². The SMILES string of the molecule is CSc1ccc(C(=O)N2CCCC(CCl)C2)cc1. The predicted octanol–water partition coefficient (Wildman–Crippen LogP) is 3.50. The largest absolute Gasteiger partial charge is 0.338 e. The van der Waals surface area contributed by atoms with Gasteiger partial charge in [-0.2, -0.15) is 0 Å². The number of carbonyl (C=O) groups is 1. The first-order valence-corrected chi connectivity index (χ1v) is 8.00. The zero-order valence-electron chi connectivity index (χ0n) is 10.6. The summed E-state index contributed by atoms with van der Waals surface area (Å²) >= 11 is 7.58. The van der Waals surface area contributed by atoms with E-state index < -0.39 is 0 Å². The summed E-state index contributed by atoms with van der Waals surface area (Å²) in [7, 11) is 0. The Morgan fingerprint density at radius 3 is 2.78 bits per heavy atom. The van der Waals surface area contributed by atoms with Gasteiger partial charge in [-0.3, -0.25) is 4.79 Å². The molecule has 18 heavy (non-hydrogen) atoms. The quantitative estimate of drug-likeness (QED) is 0.625. The van der Waals surface area contributed by atoms with Crippen LogP contribution in [0.4, 0.5) is 0 Å². The van der Waals surface area contributed by atoms with Crippen LogP contribution in [0.1, 0.15) is 23.2 Å². The van der Waals surface area contributed by atoms with Crippen LogP contribution in [-0.2, 0) is 0 Å². The lowest BCUT2D eigenvalue weighted by atomic mass is 9.99. The standard InChI is InChI=1S/C14H18ClNOS/c1-18-13-6-4-12(5-7-13)14(17)16-8-2-3-11(9-15)10-16/h4-7,11H,2-3,8-10H2,1H3. The average Bonchev–Trinajstić information content (AvgIpc) is 2.46. The molecule has 1 aromatic rings. The summed E-state index contributed by atoms with van der Waals surface area (Å²) in [5.41, 5.74) is 0.781. The van der Waals surface area contributed by atoms with Gasteiger partial charge in [-0.1, -0.05) is 0 Å². The van der Waals surface area contributed by atoms with E-state index in [9.17, 15) is 4.79 Å². The van der Waals surface area contributed by atoms with E-state index in [2.05, 4.69) is 0 Å². The molecule has 2 rings (SSSR count). The fourth-order valence-corrected chi connectivity index (χ4v) is 2.95. The third kappa shape index (κ3) is 3.21. The molecule has 2 nitrogen and oxygen atoms in total. The summed E-state index contributed by atoms with van der Waals surface area (Å²) in [5, 5.41) is 0. The van der Waals surface area contributed by atoms with Crippen molar-refractivity contribution in [1.29, 1.82) is 0 Å². The molecule has 1 aliphatic rings. The number of rotatable bonds is 3. The van der Waals surface area contributed by atoms with Crippen molar-refractivity contribution >= 4 is 29.3 Å². The number of halogens is 1. The molecular formula is C14H18ClNOS. The highest BCUT2D eigenvalue weighted by atomic mass is 35.5. The van der Waals surface area contributed by atoms with E-state index in [4.69, 9.17) is 11.6 Å². The van der Waals surface area contributed by atoms with Gasteiger partial charge >= 0.3 is 0 Å². The molecule has 1 unspecified atom stereocenters. The minimum absolute atomic E-state index is 0.137. The Morgan fingerprint density at radius 1 is 1.44 bits per heavy atom. The third-order valence-electron chi connectivity index (χ3n) is 3.36. The van der Waals surface area contributed by atoms with E-state index in [1.807, 2.05) is 35.4 Å². The number of hydrogen-bond donors (Lipinski definition) is 0. The molecule has 4 heteroatoms. The number of amides is 1. The highest BCUT2D eigenvalue weighted by molar-refractivity contribution is 7.98. The van der Waals surface area contributed by atoms with E-state index in [-0.39, 0.29) is 5.91 Å². The molecule has 1 aromatic carbocycles. The molecule has 0 aliphatic carbocycles. The molecule has 98 valence electrons. The molecule has 0 N–H and O–H groups in total. The van der Waals surface area contributed by atoms with Gasteiger partial charge in [-0.05, 0) is 49.3 Å². The summed E-state index contributed by atoms with van der Waals surface area (Å²) < 4.78 is 0. The van der Waals surface area contributed by atoms with Gasteiger partial charge in [0.2, 0.25) is 0 Å². The molecule has 0 aromatic heterocycles. The molecule has 0 bridgehead atoms. The second-order valence-electron chi connectivity index (χ2n) is 4.64. The topological polar surface area (TPSA) is 20.3 Å². The van der Waals surface area contributed by atoms with Crippen LogP contribution >= 0.6 is 23.4 Å². The van der Waals surface area contributed by atoms with Crippen molar-refractivity contribution in [1.82, 2.24) is 4.90 Å². The highest BCUT2D eigenvalue weighted by Gasteiger charge is 2.23. The first-order chi connectivity index (χ1) is 8.74. The van der Waals surface area contributed by atoms with Gasteiger partial charge in [0.1, 0.15) is 0 Å². The van der Waals surface area contributed by atoms with Crippen LogP contribution in [0.25, 0.3) is 0 Å². The number of likely N-dealkylation sites (tertiary alicyclic amines) is 1. The minimum Gasteiger partial charge on any atom is -0.338 e. The second kappa shape index (κ2) is 6.48. The zero-order chi connectivity index (χ0) is 13.0. The Hall–Kier alpha value is -0.670. The van der Waals surface area contributed by atoms with E-state index in [1.54, 1.807) is 11.8 Å². The number of hydrogen-bond acceptors (Lipinski definition) is 2. The second-order valence-corrected chi connectivity index (χ2v) is 5.83. The fourth-order valence-electron chi connectivity index (χ4n) is 2.29. The first kappa shape index (κ1) is 13.8. The maximum Gasteiger partial charge on any atom is 0.253 e. The van der Waals surface area contributed by atoms with E-state index in [1.165, 1.54) is 4.90 Å². The van der Waals surface area contributed by atoms with Crippen LogP contribution < -0.4 is 0 Å². The summed E-state index contributed by atoms with van der Waals surface area (Å²) in [4.78, 5) is 15.5. The van der Waals surface area contributed by atoms with Gasteiger partial charge in [0.05, 0.1) is 0 Å². The van der Waals surface area contributed by atoms with Crippen molar-refractivity contribution in [3.63, 3.8) is 0 Å². The molecule has 1 atom stereocenters. The molecule has 1 aliphatic heterocycles. The van der Waals surface area contributed by atoms with Crippen molar-refractivity contribution in [3.05, 3.63) is 29.8 Å². The summed E-state index contributed by atoms with van der Waals surface area (Å²) in [6, 6.07) is 7.83. The van der Waals surface area contributed by atoms with Crippen molar-refractivity contribution in [3.8, 4) is 0 Å². The number of nitrogens with zero attached hydrogens (tertiary/aromatic N) is 1. The summed E-state index contributed by atoms with van der Waals surface area (Å²) in [6.45, 7) is 1.66. The maximum atomic E-state index is 12.3. The van der Waals surface area contributed by atoms with Gasteiger partial charge in [0.15, 0.2) is 0 Å². The van der Waals surface area contributed by atoms with Gasteiger partial charge in [0, 0.05) is 29.4 Å². The highest BCUT2D eigenvalue weighted by Crippen LogP contribution is 2.21. The normalized spacial score (nSPS) is 19.9. The van der Waals surface area contributed by atoms with Crippen LogP contribution in [0.2, 0.25) is 0 Å². The first-order valence-electron chi connectivity index (χ1n) is 6.24. The molecule has 0 spiro atoms. The molecule has 1 heterocycles. The van der Waals surface area contributed by atoms with Crippen LogP contribution in [0.15, 0.2) is 29.2 Å². The number of thioether (sulfide) groups is 1. The lowest BCUT2D eigenvalue weighted by Crippen LogP contribution is -2.40. The van der Waals surface area contributed by atoms with E-state index in [0.29, 0.717) is 11.8 Å². The van der Waals surface area contributed by atoms with Crippen LogP contribution in [0.5, 0.6) is 0 Å². The smallest absolute Gasteiger partial charge is 0.253 e.